The number of benzene rings is 2. The van der Waals surface area contributed by atoms with Crippen molar-refractivity contribution in [3.05, 3.63) is 62.1 Å². The second kappa shape index (κ2) is 7.30. The van der Waals surface area contributed by atoms with Gasteiger partial charge in [-0.3, -0.25) is 14.9 Å². The monoisotopic (exact) mass is 354 g/mol. The van der Waals surface area contributed by atoms with E-state index >= 15 is 0 Å². The average molecular weight is 355 g/mol. The quantitative estimate of drug-likeness (QED) is 0.643. The summed E-state index contributed by atoms with van der Waals surface area (Å²) >= 11 is 11.7. The zero-order valence-electron chi connectivity index (χ0n) is 12.0. The molecule has 0 atom stereocenters. The van der Waals surface area contributed by atoms with Gasteiger partial charge in [0.1, 0.15) is 11.4 Å². The molecule has 0 saturated heterocycles. The average Bonchev–Trinajstić information content (AvgIpc) is 2.46. The third-order valence-electron chi connectivity index (χ3n) is 2.83. The van der Waals surface area contributed by atoms with Gasteiger partial charge in [0, 0.05) is 16.1 Å². The van der Waals surface area contributed by atoms with E-state index in [-0.39, 0.29) is 18.0 Å². The lowest BCUT2D eigenvalue weighted by atomic mass is 10.2. The first kappa shape index (κ1) is 17.1. The fraction of sp³-hybridized carbons (Fsp3) is 0.133. The van der Waals surface area contributed by atoms with Gasteiger partial charge in [-0.1, -0.05) is 29.3 Å². The van der Waals surface area contributed by atoms with Crippen LogP contribution < -0.4 is 10.1 Å². The van der Waals surface area contributed by atoms with Gasteiger partial charge < -0.3 is 10.1 Å². The first-order valence-corrected chi connectivity index (χ1v) is 7.24. The summed E-state index contributed by atoms with van der Waals surface area (Å²) in [6, 6.07) is 9.07. The van der Waals surface area contributed by atoms with Crippen molar-refractivity contribution in [2.75, 3.05) is 11.9 Å². The van der Waals surface area contributed by atoms with Gasteiger partial charge in [-0.25, -0.2) is 0 Å². The molecule has 2 aromatic rings. The number of hydrogen-bond acceptors (Lipinski definition) is 4. The van der Waals surface area contributed by atoms with Crippen molar-refractivity contribution in [2.45, 2.75) is 6.92 Å². The van der Waals surface area contributed by atoms with Crippen LogP contribution in [0, 0.1) is 17.0 Å². The zero-order chi connectivity index (χ0) is 17.0. The van der Waals surface area contributed by atoms with E-state index < -0.39 is 10.8 Å². The molecule has 8 heteroatoms. The Balaban J connectivity index is 2.04. The fourth-order valence-corrected chi connectivity index (χ4v) is 2.35. The Morgan fingerprint density at radius 1 is 1.22 bits per heavy atom. The van der Waals surface area contributed by atoms with E-state index in [1.807, 2.05) is 0 Å². The lowest BCUT2D eigenvalue weighted by Crippen LogP contribution is -2.20. The number of ether oxygens (including phenoxy) is 1. The SMILES string of the molecule is Cc1ccc(NC(=O)COc2cc(Cl)cc(Cl)c2)c([N+](=O)[O-])c1. The Morgan fingerprint density at radius 3 is 2.48 bits per heavy atom. The summed E-state index contributed by atoms with van der Waals surface area (Å²) < 4.78 is 5.27. The molecule has 1 amide bonds. The summed E-state index contributed by atoms with van der Waals surface area (Å²) in [7, 11) is 0. The minimum Gasteiger partial charge on any atom is -0.484 e. The summed E-state index contributed by atoms with van der Waals surface area (Å²) in [5, 5.41) is 14.2. The number of aryl methyl sites for hydroxylation is 1. The highest BCUT2D eigenvalue weighted by Crippen LogP contribution is 2.26. The molecule has 2 rings (SSSR count). The number of nitro benzene ring substituents is 1. The smallest absolute Gasteiger partial charge is 0.293 e. The van der Waals surface area contributed by atoms with Gasteiger partial charge in [-0.05, 0) is 36.8 Å². The second-order valence-electron chi connectivity index (χ2n) is 4.72. The van der Waals surface area contributed by atoms with E-state index in [0.29, 0.717) is 15.8 Å². The van der Waals surface area contributed by atoms with Crippen LogP contribution in [0.3, 0.4) is 0 Å². The molecular weight excluding hydrogens is 343 g/mol. The number of amides is 1. The van der Waals surface area contributed by atoms with Crippen LogP contribution in [0.2, 0.25) is 10.0 Å². The molecule has 0 aromatic heterocycles. The Bertz CT molecular complexity index is 745. The number of nitrogens with zero attached hydrogens (tertiary/aromatic N) is 1. The molecule has 2 aromatic carbocycles. The maximum Gasteiger partial charge on any atom is 0.293 e. The van der Waals surface area contributed by atoms with Crippen LogP contribution in [-0.2, 0) is 4.79 Å². The molecule has 0 radical (unpaired) electrons. The second-order valence-corrected chi connectivity index (χ2v) is 5.59. The molecule has 0 heterocycles. The van der Waals surface area contributed by atoms with Crippen LogP contribution in [0.5, 0.6) is 5.75 Å². The standard InChI is InChI=1S/C15H12Cl2N2O4/c1-9-2-3-13(14(4-9)19(21)22)18-15(20)8-23-12-6-10(16)5-11(17)7-12/h2-7H,8H2,1H3,(H,18,20). The highest BCUT2D eigenvalue weighted by molar-refractivity contribution is 6.34. The summed E-state index contributed by atoms with van der Waals surface area (Å²) in [5.74, 6) is -0.205. The molecule has 0 fully saturated rings. The van der Waals surface area contributed by atoms with Crippen LogP contribution in [0.25, 0.3) is 0 Å². The molecule has 6 nitrogen and oxygen atoms in total. The van der Waals surface area contributed by atoms with Crippen molar-refractivity contribution in [3.8, 4) is 5.75 Å². The highest BCUT2D eigenvalue weighted by Gasteiger charge is 2.16. The van der Waals surface area contributed by atoms with Gasteiger partial charge in [0.2, 0.25) is 0 Å². The van der Waals surface area contributed by atoms with Crippen LogP contribution in [-0.4, -0.2) is 17.4 Å². The van der Waals surface area contributed by atoms with E-state index in [4.69, 9.17) is 27.9 Å². The van der Waals surface area contributed by atoms with Gasteiger partial charge in [0.15, 0.2) is 6.61 Å². The predicted octanol–water partition coefficient (Wildman–Crippen LogP) is 4.23. The number of hydrogen-bond donors (Lipinski definition) is 1. The van der Waals surface area contributed by atoms with Crippen LogP contribution in [0.15, 0.2) is 36.4 Å². The van der Waals surface area contributed by atoms with Gasteiger partial charge in [0.05, 0.1) is 4.92 Å². The van der Waals surface area contributed by atoms with Gasteiger partial charge in [-0.2, -0.15) is 0 Å². The molecule has 0 aliphatic rings. The van der Waals surface area contributed by atoms with E-state index in [1.165, 1.54) is 30.3 Å². The van der Waals surface area contributed by atoms with Crippen molar-refractivity contribution in [2.24, 2.45) is 0 Å². The summed E-state index contributed by atoms with van der Waals surface area (Å²) in [6.45, 7) is 1.40. The summed E-state index contributed by atoms with van der Waals surface area (Å²) in [6.07, 6.45) is 0. The van der Waals surface area contributed by atoms with Gasteiger partial charge in [0.25, 0.3) is 11.6 Å². The number of halogens is 2. The molecule has 1 N–H and O–H groups in total. The lowest BCUT2D eigenvalue weighted by Gasteiger charge is -2.09. The lowest BCUT2D eigenvalue weighted by molar-refractivity contribution is -0.384. The minimum absolute atomic E-state index is 0.110. The molecule has 0 aliphatic heterocycles. The molecule has 0 saturated carbocycles. The Morgan fingerprint density at radius 2 is 1.87 bits per heavy atom. The van der Waals surface area contributed by atoms with Crippen molar-refractivity contribution < 1.29 is 14.5 Å². The molecule has 120 valence electrons. The van der Waals surface area contributed by atoms with Crippen LogP contribution in [0.4, 0.5) is 11.4 Å². The van der Waals surface area contributed by atoms with Gasteiger partial charge in [-0.15, -0.1) is 0 Å². The maximum atomic E-state index is 11.9. The molecule has 0 aliphatic carbocycles. The number of nitrogens with one attached hydrogen (secondary N) is 1. The number of carbonyl (C=O) groups excluding carboxylic acids is 1. The van der Waals surface area contributed by atoms with E-state index in [1.54, 1.807) is 13.0 Å². The van der Waals surface area contributed by atoms with Crippen molar-refractivity contribution in [1.82, 2.24) is 0 Å². The molecular formula is C15H12Cl2N2O4. The van der Waals surface area contributed by atoms with Crippen molar-refractivity contribution in [1.29, 1.82) is 0 Å². The predicted molar refractivity (Wildman–Crippen MR) is 88.4 cm³/mol. The Kier molecular flexibility index (Phi) is 5.41. The van der Waals surface area contributed by atoms with Gasteiger partial charge >= 0.3 is 0 Å². The van der Waals surface area contributed by atoms with E-state index in [0.717, 1.165) is 5.56 Å². The Hall–Kier alpha value is -2.31. The summed E-state index contributed by atoms with van der Waals surface area (Å²) in [5.41, 5.74) is 0.655. The number of anilines is 1. The minimum atomic E-state index is -0.555. The molecule has 0 unspecified atom stereocenters. The third-order valence-corrected chi connectivity index (χ3v) is 3.27. The third kappa shape index (κ3) is 4.84. The normalized spacial score (nSPS) is 10.2. The van der Waals surface area contributed by atoms with E-state index in [9.17, 15) is 14.9 Å². The van der Waals surface area contributed by atoms with Crippen molar-refractivity contribution in [3.63, 3.8) is 0 Å². The highest BCUT2D eigenvalue weighted by atomic mass is 35.5. The first-order valence-electron chi connectivity index (χ1n) is 6.49. The topological polar surface area (TPSA) is 81.5 Å². The first-order chi connectivity index (χ1) is 10.8. The molecule has 0 spiro atoms. The zero-order valence-corrected chi connectivity index (χ0v) is 13.5. The largest absolute Gasteiger partial charge is 0.484 e. The van der Waals surface area contributed by atoms with Crippen LogP contribution >= 0.6 is 23.2 Å². The number of rotatable bonds is 5. The van der Waals surface area contributed by atoms with Crippen molar-refractivity contribution >= 4 is 40.5 Å². The molecule has 23 heavy (non-hydrogen) atoms. The number of carbonyl (C=O) groups is 1. The van der Waals surface area contributed by atoms with E-state index in [2.05, 4.69) is 5.32 Å². The fourth-order valence-electron chi connectivity index (χ4n) is 1.85. The maximum absolute atomic E-state index is 11.9. The summed E-state index contributed by atoms with van der Waals surface area (Å²) in [4.78, 5) is 22.3. The Labute approximate surface area is 142 Å². The number of nitro groups is 1. The molecule has 0 bridgehead atoms. The van der Waals surface area contributed by atoms with Crippen LogP contribution in [0.1, 0.15) is 5.56 Å².